The minimum Gasteiger partial charge on any atom is -0.496 e. The highest BCUT2D eigenvalue weighted by molar-refractivity contribution is 6.31. The molecule has 0 fully saturated rings. The number of para-hydroxylation sites is 1. The number of halogens is 1. The molecule has 0 aliphatic heterocycles. The molecule has 0 aromatic heterocycles. The van der Waals surface area contributed by atoms with Crippen LogP contribution in [0.1, 0.15) is 15.9 Å². The van der Waals surface area contributed by atoms with Crippen molar-refractivity contribution in [3.63, 3.8) is 0 Å². The number of rotatable bonds is 7. The van der Waals surface area contributed by atoms with Crippen molar-refractivity contribution in [2.45, 2.75) is 6.54 Å². The second-order valence-electron chi connectivity index (χ2n) is 5.08. The monoisotopic (exact) mass is 378 g/mol. The number of carbonyl (C=O) groups excluding carboxylic acids is 2. The zero-order valence-electron chi connectivity index (χ0n) is 13.7. The Bertz CT molecular complexity index is 840. The Morgan fingerprint density at radius 1 is 1.23 bits per heavy atom. The van der Waals surface area contributed by atoms with Gasteiger partial charge in [-0.25, -0.2) is 4.79 Å². The van der Waals surface area contributed by atoms with Gasteiger partial charge in [0.05, 0.1) is 12.0 Å². The number of esters is 1. The van der Waals surface area contributed by atoms with E-state index in [2.05, 4.69) is 5.32 Å². The lowest BCUT2D eigenvalue weighted by atomic mass is 10.2. The van der Waals surface area contributed by atoms with Gasteiger partial charge < -0.3 is 14.8 Å². The van der Waals surface area contributed by atoms with Gasteiger partial charge in [0, 0.05) is 23.2 Å². The molecule has 0 saturated heterocycles. The summed E-state index contributed by atoms with van der Waals surface area (Å²) >= 11 is 5.69. The fourth-order valence-corrected chi connectivity index (χ4v) is 2.30. The first-order chi connectivity index (χ1) is 12.4. The van der Waals surface area contributed by atoms with Crippen molar-refractivity contribution in [3.05, 3.63) is 68.7 Å². The molecule has 26 heavy (non-hydrogen) atoms. The Hall–Kier alpha value is -3.13. The molecule has 2 rings (SSSR count). The van der Waals surface area contributed by atoms with E-state index >= 15 is 0 Å². The summed E-state index contributed by atoms with van der Waals surface area (Å²) in [5.74, 6) is -0.928. The Kier molecular flexibility index (Phi) is 6.51. The van der Waals surface area contributed by atoms with Crippen LogP contribution in [0.2, 0.25) is 5.02 Å². The van der Waals surface area contributed by atoms with Crippen LogP contribution < -0.4 is 10.1 Å². The van der Waals surface area contributed by atoms with Crippen molar-refractivity contribution < 1.29 is 24.0 Å². The fraction of sp³-hybridized carbons (Fsp3) is 0.176. The molecular formula is C17H15ClN2O6. The second-order valence-corrected chi connectivity index (χ2v) is 5.52. The minimum absolute atomic E-state index is 0.114. The number of amides is 1. The molecule has 0 bridgehead atoms. The zero-order chi connectivity index (χ0) is 19.1. The van der Waals surface area contributed by atoms with Crippen molar-refractivity contribution in [3.8, 4) is 5.75 Å². The highest BCUT2D eigenvalue weighted by Crippen LogP contribution is 2.23. The largest absolute Gasteiger partial charge is 0.496 e. The molecule has 2 aromatic rings. The Labute approximate surface area is 153 Å². The van der Waals surface area contributed by atoms with E-state index in [4.69, 9.17) is 21.1 Å². The Morgan fingerprint density at radius 3 is 2.65 bits per heavy atom. The van der Waals surface area contributed by atoms with E-state index < -0.39 is 29.1 Å². The summed E-state index contributed by atoms with van der Waals surface area (Å²) in [5.41, 5.74) is -0.0168. The van der Waals surface area contributed by atoms with Crippen LogP contribution in [0.5, 0.6) is 5.75 Å². The van der Waals surface area contributed by atoms with Gasteiger partial charge in [-0.05, 0) is 18.2 Å². The topological polar surface area (TPSA) is 108 Å². The number of nitro groups is 1. The van der Waals surface area contributed by atoms with E-state index in [1.54, 1.807) is 24.3 Å². The third-order valence-corrected chi connectivity index (χ3v) is 3.61. The van der Waals surface area contributed by atoms with Gasteiger partial charge in [-0.1, -0.05) is 29.8 Å². The molecule has 2 aromatic carbocycles. The van der Waals surface area contributed by atoms with Crippen molar-refractivity contribution in [2.24, 2.45) is 0 Å². The van der Waals surface area contributed by atoms with E-state index in [0.717, 1.165) is 11.6 Å². The molecule has 9 heteroatoms. The average molecular weight is 379 g/mol. The van der Waals surface area contributed by atoms with Crippen molar-refractivity contribution in [1.82, 2.24) is 5.32 Å². The summed E-state index contributed by atoms with van der Waals surface area (Å²) in [7, 11) is 1.52. The van der Waals surface area contributed by atoms with Gasteiger partial charge in [-0.2, -0.15) is 0 Å². The van der Waals surface area contributed by atoms with Gasteiger partial charge in [0.25, 0.3) is 11.6 Å². The number of nitrogens with one attached hydrogen (secondary N) is 1. The summed E-state index contributed by atoms with van der Waals surface area (Å²) in [6.45, 7) is -0.394. The Balaban J connectivity index is 1.93. The number of benzene rings is 2. The van der Waals surface area contributed by atoms with Crippen molar-refractivity contribution >= 4 is 29.2 Å². The zero-order valence-corrected chi connectivity index (χ0v) is 14.5. The van der Waals surface area contributed by atoms with Gasteiger partial charge in [0.15, 0.2) is 6.61 Å². The fourth-order valence-electron chi connectivity index (χ4n) is 2.13. The van der Waals surface area contributed by atoms with Crippen LogP contribution in [0.15, 0.2) is 42.5 Å². The third kappa shape index (κ3) is 4.93. The van der Waals surface area contributed by atoms with Crippen LogP contribution in [-0.2, 0) is 16.1 Å². The molecule has 0 spiro atoms. The number of hydrogen-bond donors (Lipinski definition) is 1. The number of nitro benzene ring substituents is 1. The Morgan fingerprint density at radius 2 is 1.96 bits per heavy atom. The predicted octanol–water partition coefficient (Wildman–Crippen LogP) is 2.73. The van der Waals surface area contributed by atoms with E-state index in [-0.39, 0.29) is 17.1 Å². The predicted molar refractivity (Wildman–Crippen MR) is 93.2 cm³/mol. The summed E-state index contributed by atoms with van der Waals surface area (Å²) in [5, 5.41) is 13.7. The molecule has 0 aliphatic rings. The molecule has 1 N–H and O–H groups in total. The normalized spacial score (nSPS) is 10.1. The van der Waals surface area contributed by atoms with Crippen LogP contribution >= 0.6 is 11.6 Å². The number of nitrogens with zero attached hydrogens (tertiary/aromatic N) is 1. The van der Waals surface area contributed by atoms with Gasteiger partial charge >= 0.3 is 5.97 Å². The molecule has 0 heterocycles. The molecule has 0 atom stereocenters. The lowest BCUT2D eigenvalue weighted by molar-refractivity contribution is -0.385. The lowest BCUT2D eigenvalue weighted by Gasteiger charge is -2.10. The quantitative estimate of drug-likeness (QED) is 0.451. The van der Waals surface area contributed by atoms with Gasteiger partial charge in [-0.3, -0.25) is 14.9 Å². The maximum atomic E-state index is 12.0. The van der Waals surface area contributed by atoms with Crippen LogP contribution in [-0.4, -0.2) is 30.5 Å². The molecule has 1 amide bonds. The third-order valence-electron chi connectivity index (χ3n) is 3.38. The van der Waals surface area contributed by atoms with Crippen molar-refractivity contribution in [2.75, 3.05) is 13.7 Å². The molecule has 0 aliphatic carbocycles. The summed E-state index contributed by atoms with van der Waals surface area (Å²) < 4.78 is 10.0. The van der Waals surface area contributed by atoms with Gasteiger partial charge in [-0.15, -0.1) is 0 Å². The summed E-state index contributed by atoms with van der Waals surface area (Å²) in [6.07, 6.45) is 0. The highest BCUT2D eigenvalue weighted by atomic mass is 35.5. The first kappa shape index (κ1) is 19.2. The summed E-state index contributed by atoms with van der Waals surface area (Å²) in [6, 6.07) is 10.7. The first-order valence-corrected chi connectivity index (χ1v) is 7.80. The van der Waals surface area contributed by atoms with E-state index in [0.29, 0.717) is 5.75 Å². The molecule has 0 radical (unpaired) electrons. The maximum Gasteiger partial charge on any atom is 0.345 e. The van der Waals surface area contributed by atoms with Crippen LogP contribution in [0.25, 0.3) is 0 Å². The van der Waals surface area contributed by atoms with E-state index in [9.17, 15) is 19.7 Å². The van der Waals surface area contributed by atoms with Crippen LogP contribution in [0.4, 0.5) is 5.69 Å². The van der Waals surface area contributed by atoms with E-state index in [1.165, 1.54) is 19.2 Å². The van der Waals surface area contributed by atoms with Crippen LogP contribution in [0, 0.1) is 10.1 Å². The smallest absolute Gasteiger partial charge is 0.345 e. The number of hydrogen-bond acceptors (Lipinski definition) is 6. The second kappa shape index (κ2) is 8.82. The molecule has 0 saturated carbocycles. The first-order valence-electron chi connectivity index (χ1n) is 7.42. The van der Waals surface area contributed by atoms with Crippen LogP contribution in [0.3, 0.4) is 0 Å². The number of methoxy groups -OCH3 is 1. The SMILES string of the molecule is COc1ccccc1CNC(=O)COC(=O)c1ccc(Cl)cc1[N+](=O)[O-]. The average Bonchev–Trinajstić information content (AvgIpc) is 2.64. The minimum atomic E-state index is -0.985. The molecule has 0 unspecified atom stereocenters. The number of ether oxygens (including phenoxy) is 2. The highest BCUT2D eigenvalue weighted by Gasteiger charge is 2.22. The maximum absolute atomic E-state index is 12.0. The van der Waals surface area contributed by atoms with Gasteiger partial charge in [0.1, 0.15) is 11.3 Å². The summed E-state index contributed by atoms with van der Waals surface area (Å²) in [4.78, 5) is 34.1. The molecule has 8 nitrogen and oxygen atoms in total. The van der Waals surface area contributed by atoms with Gasteiger partial charge in [0.2, 0.25) is 0 Å². The van der Waals surface area contributed by atoms with E-state index in [1.807, 2.05) is 0 Å². The standard InChI is InChI=1S/C17H15ClN2O6/c1-25-15-5-3-2-4-11(15)9-19-16(21)10-26-17(22)13-7-6-12(18)8-14(13)20(23)24/h2-8H,9-10H2,1H3,(H,19,21). The number of carbonyl (C=O) groups is 2. The molecule has 136 valence electrons. The van der Waals surface area contributed by atoms with Crippen molar-refractivity contribution in [1.29, 1.82) is 0 Å². The molecular weight excluding hydrogens is 364 g/mol. The lowest BCUT2D eigenvalue weighted by Crippen LogP contribution is -2.28.